The lowest BCUT2D eigenvalue weighted by Crippen LogP contribution is -2.11. The number of rotatable bonds is 4. The molecule has 20 heavy (non-hydrogen) atoms. The predicted molar refractivity (Wildman–Crippen MR) is 81.5 cm³/mol. The molecule has 0 unspecified atom stereocenters. The van der Waals surface area contributed by atoms with Gasteiger partial charge in [0.1, 0.15) is 4.21 Å². The van der Waals surface area contributed by atoms with E-state index < -0.39 is 10.0 Å². The van der Waals surface area contributed by atoms with Crippen LogP contribution in [-0.4, -0.2) is 8.42 Å². The molecule has 1 aromatic heterocycles. The number of thiophene rings is 1. The van der Waals surface area contributed by atoms with Crippen LogP contribution in [0.4, 0.5) is 5.69 Å². The fourth-order valence-corrected chi connectivity index (χ4v) is 4.71. The van der Waals surface area contributed by atoms with Crippen LogP contribution in [0.25, 0.3) is 0 Å². The number of nitrogens with two attached hydrogens (primary N) is 1. The van der Waals surface area contributed by atoms with E-state index in [0.29, 0.717) is 16.4 Å². The Hall–Kier alpha value is -1.37. The first kappa shape index (κ1) is 13.6. The molecule has 0 bridgehead atoms. The fourth-order valence-electron chi connectivity index (χ4n) is 2.44. The van der Waals surface area contributed by atoms with Crippen LogP contribution >= 0.6 is 11.3 Å². The van der Waals surface area contributed by atoms with Crippen molar-refractivity contribution in [3.8, 4) is 0 Å². The normalized spacial score (nSPS) is 14.2. The van der Waals surface area contributed by atoms with E-state index in [1.165, 1.54) is 22.5 Å². The van der Waals surface area contributed by atoms with E-state index in [-0.39, 0.29) is 0 Å². The predicted octanol–water partition coefficient (Wildman–Crippen LogP) is 2.50. The van der Waals surface area contributed by atoms with Crippen molar-refractivity contribution in [2.45, 2.75) is 30.0 Å². The molecule has 6 heteroatoms. The summed E-state index contributed by atoms with van der Waals surface area (Å²) >= 11 is 1.20. The summed E-state index contributed by atoms with van der Waals surface area (Å²) in [4.78, 5) is 0. The molecule has 0 fully saturated rings. The van der Waals surface area contributed by atoms with Crippen molar-refractivity contribution >= 4 is 27.0 Å². The molecule has 1 aliphatic rings. The molecule has 106 valence electrons. The number of hydrogen-bond donors (Lipinski definition) is 2. The molecule has 3 rings (SSSR count). The lowest BCUT2D eigenvalue weighted by molar-refractivity contribution is 0.603. The third kappa shape index (κ3) is 2.59. The number of fused-ring (bicyclic) bond motifs is 1. The first-order chi connectivity index (χ1) is 9.58. The van der Waals surface area contributed by atoms with Gasteiger partial charge in [0.05, 0.1) is 0 Å². The Morgan fingerprint density at radius 3 is 2.75 bits per heavy atom. The van der Waals surface area contributed by atoms with Gasteiger partial charge in [-0.1, -0.05) is 6.07 Å². The van der Waals surface area contributed by atoms with Gasteiger partial charge < -0.3 is 5.73 Å². The Labute approximate surface area is 122 Å². The maximum absolute atomic E-state index is 12.3. The summed E-state index contributed by atoms with van der Waals surface area (Å²) < 4.78 is 27.5. The van der Waals surface area contributed by atoms with Gasteiger partial charge >= 0.3 is 0 Å². The van der Waals surface area contributed by atoms with E-state index in [0.717, 1.165) is 24.8 Å². The van der Waals surface area contributed by atoms with Gasteiger partial charge in [0.2, 0.25) is 0 Å². The topological polar surface area (TPSA) is 72.2 Å². The van der Waals surface area contributed by atoms with E-state index in [2.05, 4.69) is 4.72 Å². The van der Waals surface area contributed by atoms with Gasteiger partial charge in [0, 0.05) is 12.2 Å². The zero-order chi connectivity index (χ0) is 14.2. The van der Waals surface area contributed by atoms with E-state index in [1.807, 2.05) is 18.2 Å². The summed E-state index contributed by atoms with van der Waals surface area (Å²) in [5.74, 6) is 0. The number of nitrogens with one attached hydrogen (secondary N) is 1. The first-order valence-electron chi connectivity index (χ1n) is 6.50. The quantitative estimate of drug-likeness (QED) is 0.911. The summed E-state index contributed by atoms with van der Waals surface area (Å²) in [7, 11) is -3.51. The van der Waals surface area contributed by atoms with Crippen molar-refractivity contribution < 1.29 is 8.42 Å². The standard InChI is InChI=1S/C14H16N2O2S2/c15-8-10-6-14(19-9-10)20(17,18)16-13-5-4-11-2-1-3-12(11)7-13/h4-7,9,16H,1-3,8,15H2. The minimum atomic E-state index is -3.51. The summed E-state index contributed by atoms with van der Waals surface area (Å²) in [5.41, 5.74) is 9.56. The van der Waals surface area contributed by atoms with Crippen LogP contribution in [0.3, 0.4) is 0 Å². The van der Waals surface area contributed by atoms with Crippen molar-refractivity contribution in [3.63, 3.8) is 0 Å². The molecule has 0 spiro atoms. The van der Waals surface area contributed by atoms with Crippen LogP contribution in [0, 0.1) is 0 Å². The zero-order valence-corrected chi connectivity index (χ0v) is 12.6. The number of benzene rings is 1. The van der Waals surface area contributed by atoms with Crippen molar-refractivity contribution in [2.24, 2.45) is 5.73 Å². The Kier molecular flexibility index (Phi) is 3.54. The highest BCUT2D eigenvalue weighted by Gasteiger charge is 2.18. The highest BCUT2D eigenvalue weighted by atomic mass is 32.2. The molecule has 0 atom stereocenters. The molecule has 0 saturated heterocycles. The highest BCUT2D eigenvalue weighted by molar-refractivity contribution is 7.94. The van der Waals surface area contributed by atoms with Crippen LogP contribution < -0.4 is 10.5 Å². The van der Waals surface area contributed by atoms with Crippen molar-refractivity contribution in [2.75, 3.05) is 4.72 Å². The summed E-state index contributed by atoms with van der Waals surface area (Å²) in [6, 6.07) is 7.41. The van der Waals surface area contributed by atoms with Gasteiger partial charge in [-0.2, -0.15) is 0 Å². The molecule has 0 saturated carbocycles. The van der Waals surface area contributed by atoms with Gasteiger partial charge in [0.15, 0.2) is 0 Å². The van der Waals surface area contributed by atoms with Crippen LogP contribution in [0.5, 0.6) is 0 Å². The monoisotopic (exact) mass is 308 g/mol. The summed E-state index contributed by atoms with van der Waals surface area (Å²) in [5, 5.41) is 1.78. The number of hydrogen-bond acceptors (Lipinski definition) is 4. The Balaban J connectivity index is 1.86. The maximum atomic E-state index is 12.3. The molecule has 2 aromatic rings. The van der Waals surface area contributed by atoms with Gasteiger partial charge in [-0.3, -0.25) is 4.72 Å². The molecule has 0 amide bonds. The number of aryl methyl sites for hydroxylation is 2. The minimum absolute atomic E-state index is 0.304. The smallest absolute Gasteiger partial charge is 0.271 e. The van der Waals surface area contributed by atoms with Crippen molar-refractivity contribution in [1.82, 2.24) is 0 Å². The second-order valence-electron chi connectivity index (χ2n) is 4.92. The highest BCUT2D eigenvalue weighted by Crippen LogP contribution is 2.27. The SMILES string of the molecule is NCc1csc(S(=O)(=O)Nc2ccc3c(c2)CCC3)c1. The van der Waals surface area contributed by atoms with Crippen LogP contribution in [0.15, 0.2) is 33.9 Å². The molecule has 0 radical (unpaired) electrons. The average Bonchev–Trinajstić information content (AvgIpc) is 3.06. The summed E-state index contributed by atoms with van der Waals surface area (Å²) in [6.07, 6.45) is 3.27. The zero-order valence-electron chi connectivity index (χ0n) is 10.9. The van der Waals surface area contributed by atoms with E-state index in [1.54, 1.807) is 11.4 Å². The molecular weight excluding hydrogens is 292 g/mol. The Morgan fingerprint density at radius 2 is 2.00 bits per heavy atom. The van der Waals surface area contributed by atoms with Crippen molar-refractivity contribution in [3.05, 3.63) is 46.3 Å². The van der Waals surface area contributed by atoms with E-state index >= 15 is 0 Å². The van der Waals surface area contributed by atoms with Crippen LogP contribution in [0.2, 0.25) is 0 Å². The molecular formula is C14H16N2O2S2. The minimum Gasteiger partial charge on any atom is -0.326 e. The van der Waals surface area contributed by atoms with Gasteiger partial charge in [-0.05, 0) is 59.5 Å². The lowest BCUT2D eigenvalue weighted by Gasteiger charge is -2.08. The van der Waals surface area contributed by atoms with E-state index in [4.69, 9.17) is 5.73 Å². The number of anilines is 1. The first-order valence-corrected chi connectivity index (χ1v) is 8.87. The molecule has 1 aromatic carbocycles. The molecule has 1 heterocycles. The molecule has 0 aliphatic heterocycles. The second kappa shape index (κ2) is 5.20. The molecule has 1 aliphatic carbocycles. The third-order valence-electron chi connectivity index (χ3n) is 3.48. The second-order valence-corrected chi connectivity index (χ2v) is 7.74. The largest absolute Gasteiger partial charge is 0.326 e. The van der Waals surface area contributed by atoms with Gasteiger partial charge in [0.25, 0.3) is 10.0 Å². The van der Waals surface area contributed by atoms with Crippen molar-refractivity contribution in [1.29, 1.82) is 0 Å². The Morgan fingerprint density at radius 1 is 1.20 bits per heavy atom. The Bertz CT molecular complexity index is 735. The maximum Gasteiger partial charge on any atom is 0.271 e. The fraction of sp³-hybridized carbons (Fsp3) is 0.286. The molecule has 4 nitrogen and oxygen atoms in total. The third-order valence-corrected chi connectivity index (χ3v) is 6.35. The number of sulfonamides is 1. The molecule has 3 N–H and O–H groups in total. The van der Waals surface area contributed by atoms with E-state index in [9.17, 15) is 8.42 Å². The van der Waals surface area contributed by atoms with Crippen LogP contribution in [-0.2, 0) is 29.4 Å². The van der Waals surface area contributed by atoms with Gasteiger partial charge in [-0.15, -0.1) is 11.3 Å². The average molecular weight is 308 g/mol. The lowest BCUT2D eigenvalue weighted by atomic mass is 10.1. The van der Waals surface area contributed by atoms with Crippen LogP contribution in [0.1, 0.15) is 23.1 Å². The summed E-state index contributed by atoms with van der Waals surface area (Å²) in [6.45, 7) is 0.352. The van der Waals surface area contributed by atoms with Gasteiger partial charge in [-0.25, -0.2) is 8.42 Å².